The van der Waals surface area contributed by atoms with Crippen molar-refractivity contribution in [3.63, 3.8) is 0 Å². The van der Waals surface area contributed by atoms with Crippen LogP contribution < -0.4 is 10.6 Å². The molecule has 0 aliphatic carbocycles. The standard InChI is InChI=1S/C13H16ClN3/c1-9-6-12(4-5-16-9)17-13-3-2-11(14)7-10(13)8-15/h2-3,7,9,12,16-17H,4-6H2,1H3. The molecule has 1 aliphatic heterocycles. The Hall–Kier alpha value is -1.24. The molecule has 1 aliphatic rings. The van der Waals surface area contributed by atoms with E-state index in [1.807, 2.05) is 12.1 Å². The number of nitrogens with zero attached hydrogens (tertiary/aromatic N) is 1. The molecule has 4 heteroatoms. The molecule has 0 bridgehead atoms. The quantitative estimate of drug-likeness (QED) is 0.847. The van der Waals surface area contributed by atoms with E-state index < -0.39 is 0 Å². The molecule has 0 amide bonds. The molecule has 0 aromatic heterocycles. The number of benzene rings is 1. The van der Waals surface area contributed by atoms with Gasteiger partial charge in [0.15, 0.2) is 0 Å². The van der Waals surface area contributed by atoms with Crippen molar-refractivity contribution in [2.45, 2.75) is 31.8 Å². The molecule has 17 heavy (non-hydrogen) atoms. The highest BCUT2D eigenvalue weighted by molar-refractivity contribution is 6.30. The van der Waals surface area contributed by atoms with Crippen molar-refractivity contribution in [3.05, 3.63) is 28.8 Å². The van der Waals surface area contributed by atoms with Crippen LogP contribution in [0, 0.1) is 11.3 Å². The number of nitriles is 1. The van der Waals surface area contributed by atoms with Gasteiger partial charge < -0.3 is 10.6 Å². The second-order valence-electron chi connectivity index (χ2n) is 4.52. The highest BCUT2D eigenvalue weighted by atomic mass is 35.5. The second kappa shape index (κ2) is 5.39. The predicted octanol–water partition coefficient (Wildman–Crippen LogP) is 2.76. The summed E-state index contributed by atoms with van der Waals surface area (Å²) in [5, 5.41) is 16.5. The molecule has 2 rings (SSSR count). The molecular weight excluding hydrogens is 234 g/mol. The number of rotatable bonds is 2. The van der Waals surface area contributed by atoms with Crippen molar-refractivity contribution in [1.82, 2.24) is 5.32 Å². The highest BCUT2D eigenvalue weighted by Crippen LogP contribution is 2.22. The number of halogens is 1. The topological polar surface area (TPSA) is 47.9 Å². The van der Waals surface area contributed by atoms with Gasteiger partial charge in [-0.15, -0.1) is 0 Å². The maximum absolute atomic E-state index is 9.06. The monoisotopic (exact) mass is 249 g/mol. The summed E-state index contributed by atoms with van der Waals surface area (Å²) in [5.41, 5.74) is 1.50. The van der Waals surface area contributed by atoms with Crippen molar-refractivity contribution in [1.29, 1.82) is 5.26 Å². The van der Waals surface area contributed by atoms with Gasteiger partial charge >= 0.3 is 0 Å². The molecule has 1 fully saturated rings. The van der Waals surface area contributed by atoms with Crippen molar-refractivity contribution in [2.75, 3.05) is 11.9 Å². The summed E-state index contributed by atoms with van der Waals surface area (Å²) in [5.74, 6) is 0. The van der Waals surface area contributed by atoms with Crippen molar-refractivity contribution < 1.29 is 0 Å². The lowest BCUT2D eigenvalue weighted by atomic mass is 10.00. The van der Waals surface area contributed by atoms with Crippen LogP contribution in [0.25, 0.3) is 0 Å². The van der Waals surface area contributed by atoms with E-state index in [0.29, 0.717) is 22.7 Å². The largest absolute Gasteiger partial charge is 0.381 e. The second-order valence-corrected chi connectivity index (χ2v) is 4.96. The van der Waals surface area contributed by atoms with Gasteiger partial charge in [-0.3, -0.25) is 0 Å². The van der Waals surface area contributed by atoms with Crippen molar-refractivity contribution in [2.24, 2.45) is 0 Å². The first-order chi connectivity index (χ1) is 8.19. The maximum atomic E-state index is 9.06. The minimum absolute atomic E-state index is 0.430. The predicted molar refractivity (Wildman–Crippen MR) is 70.3 cm³/mol. The van der Waals surface area contributed by atoms with Gasteiger partial charge in [0.05, 0.1) is 11.3 Å². The molecule has 1 saturated heterocycles. The van der Waals surface area contributed by atoms with Crippen LogP contribution in [0.2, 0.25) is 5.02 Å². The Kier molecular flexibility index (Phi) is 3.88. The van der Waals surface area contributed by atoms with Crippen LogP contribution in [-0.4, -0.2) is 18.6 Å². The SMILES string of the molecule is CC1CC(Nc2ccc(Cl)cc2C#N)CCN1. The molecule has 0 radical (unpaired) electrons. The fraction of sp³-hybridized carbons (Fsp3) is 0.462. The van der Waals surface area contributed by atoms with E-state index in [1.54, 1.807) is 6.07 Å². The van der Waals surface area contributed by atoms with E-state index in [9.17, 15) is 0 Å². The van der Waals surface area contributed by atoms with Gasteiger partial charge in [-0.25, -0.2) is 0 Å². The Balaban J connectivity index is 2.10. The summed E-state index contributed by atoms with van der Waals surface area (Å²) in [6.07, 6.45) is 2.16. The fourth-order valence-electron chi connectivity index (χ4n) is 2.22. The van der Waals surface area contributed by atoms with Crippen molar-refractivity contribution in [3.8, 4) is 6.07 Å². The summed E-state index contributed by atoms with van der Waals surface area (Å²) in [4.78, 5) is 0. The summed E-state index contributed by atoms with van der Waals surface area (Å²) in [6.45, 7) is 3.20. The van der Waals surface area contributed by atoms with Gasteiger partial charge in [0.25, 0.3) is 0 Å². The molecule has 3 nitrogen and oxygen atoms in total. The van der Waals surface area contributed by atoms with E-state index >= 15 is 0 Å². The van der Waals surface area contributed by atoms with Gasteiger partial charge in [-0.05, 0) is 44.5 Å². The van der Waals surface area contributed by atoms with E-state index in [1.165, 1.54) is 0 Å². The Labute approximate surface area is 107 Å². The maximum Gasteiger partial charge on any atom is 0.101 e. The Morgan fingerprint density at radius 2 is 2.35 bits per heavy atom. The molecule has 2 atom stereocenters. The van der Waals surface area contributed by atoms with Crippen LogP contribution in [-0.2, 0) is 0 Å². The number of hydrogen-bond acceptors (Lipinski definition) is 3. The third-order valence-corrected chi connectivity index (χ3v) is 3.32. The Morgan fingerprint density at radius 1 is 1.53 bits per heavy atom. The number of nitrogens with one attached hydrogen (secondary N) is 2. The van der Waals surface area contributed by atoms with Gasteiger partial charge in [-0.1, -0.05) is 11.6 Å². The van der Waals surface area contributed by atoms with E-state index in [-0.39, 0.29) is 0 Å². The normalized spacial score (nSPS) is 24.1. The number of piperidine rings is 1. The Bertz CT molecular complexity index is 439. The van der Waals surface area contributed by atoms with Crippen LogP contribution >= 0.6 is 11.6 Å². The summed E-state index contributed by atoms with van der Waals surface area (Å²) < 4.78 is 0. The molecule has 90 valence electrons. The molecular formula is C13H16ClN3. The molecule has 0 saturated carbocycles. The molecule has 2 N–H and O–H groups in total. The van der Waals surface area contributed by atoms with Crippen LogP contribution in [0.1, 0.15) is 25.3 Å². The minimum atomic E-state index is 0.430. The first-order valence-corrected chi connectivity index (χ1v) is 6.26. The van der Waals surface area contributed by atoms with Gasteiger partial charge in [0.2, 0.25) is 0 Å². The third-order valence-electron chi connectivity index (χ3n) is 3.09. The van der Waals surface area contributed by atoms with E-state index in [4.69, 9.17) is 16.9 Å². The first-order valence-electron chi connectivity index (χ1n) is 5.88. The summed E-state index contributed by atoms with van der Waals surface area (Å²) in [7, 11) is 0. The number of hydrogen-bond donors (Lipinski definition) is 2. The molecule has 1 aromatic carbocycles. The fourth-order valence-corrected chi connectivity index (χ4v) is 2.39. The third kappa shape index (κ3) is 3.12. The molecule has 1 heterocycles. The van der Waals surface area contributed by atoms with Crippen LogP contribution in [0.4, 0.5) is 5.69 Å². The average molecular weight is 250 g/mol. The van der Waals surface area contributed by atoms with Gasteiger partial charge in [0, 0.05) is 17.1 Å². The lowest BCUT2D eigenvalue weighted by Crippen LogP contribution is -2.41. The zero-order valence-corrected chi connectivity index (χ0v) is 10.6. The minimum Gasteiger partial charge on any atom is -0.381 e. The van der Waals surface area contributed by atoms with Crippen LogP contribution in [0.5, 0.6) is 0 Å². The van der Waals surface area contributed by atoms with Crippen molar-refractivity contribution >= 4 is 17.3 Å². The molecule has 2 unspecified atom stereocenters. The number of anilines is 1. The Morgan fingerprint density at radius 3 is 3.06 bits per heavy atom. The van der Waals surface area contributed by atoms with E-state index in [2.05, 4.69) is 23.6 Å². The van der Waals surface area contributed by atoms with Gasteiger partial charge in [0.1, 0.15) is 6.07 Å². The highest BCUT2D eigenvalue weighted by Gasteiger charge is 2.18. The lowest BCUT2D eigenvalue weighted by molar-refractivity contribution is 0.396. The van der Waals surface area contributed by atoms with Gasteiger partial charge in [-0.2, -0.15) is 5.26 Å². The zero-order valence-electron chi connectivity index (χ0n) is 9.83. The zero-order chi connectivity index (χ0) is 12.3. The lowest BCUT2D eigenvalue weighted by Gasteiger charge is -2.29. The van der Waals surface area contributed by atoms with Crippen LogP contribution in [0.3, 0.4) is 0 Å². The summed E-state index contributed by atoms with van der Waals surface area (Å²) in [6, 6.07) is 8.53. The van der Waals surface area contributed by atoms with E-state index in [0.717, 1.165) is 25.1 Å². The smallest absolute Gasteiger partial charge is 0.101 e. The average Bonchev–Trinajstić information content (AvgIpc) is 2.31. The first kappa shape index (κ1) is 12.2. The summed E-state index contributed by atoms with van der Waals surface area (Å²) >= 11 is 5.87. The molecule has 0 spiro atoms. The molecule has 1 aromatic rings. The van der Waals surface area contributed by atoms with Crippen LogP contribution in [0.15, 0.2) is 18.2 Å².